The molecule has 76 valence electrons. The van der Waals surface area contributed by atoms with Crippen LogP contribution in [0.15, 0.2) is 24.3 Å². The van der Waals surface area contributed by atoms with Crippen molar-refractivity contribution in [3.05, 3.63) is 29.8 Å². The number of benzene rings is 1. The molecule has 0 saturated carbocycles. The van der Waals surface area contributed by atoms with Gasteiger partial charge in [-0.3, -0.25) is 0 Å². The highest BCUT2D eigenvalue weighted by Gasteiger charge is 2.21. The number of hydrogen-bond donors (Lipinski definition) is 1. The van der Waals surface area contributed by atoms with Gasteiger partial charge >= 0.3 is 0 Å². The maximum Gasteiger partial charge on any atom is 0.119 e. The van der Waals surface area contributed by atoms with Gasteiger partial charge in [-0.25, -0.2) is 0 Å². The van der Waals surface area contributed by atoms with Crippen molar-refractivity contribution in [2.24, 2.45) is 5.92 Å². The van der Waals surface area contributed by atoms with Crippen LogP contribution in [0.3, 0.4) is 0 Å². The minimum absolute atomic E-state index is 0.514. The molecule has 0 unspecified atom stereocenters. The van der Waals surface area contributed by atoms with E-state index in [0.717, 1.165) is 18.2 Å². The number of ether oxygens (including phenoxy) is 1. The molecule has 1 saturated heterocycles. The van der Waals surface area contributed by atoms with E-state index in [0.29, 0.717) is 6.04 Å². The molecular weight excluding hydrogens is 174 g/mol. The molecule has 1 fully saturated rings. The lowest BCUT2D eigenvalue weighted by molar-refractivity contribution is 0.413. The molecule has 2 heteroatoms. The van der Waals surface area contributed by atoms with Gasteiger partial charge in [-0.1, -0.05) is 19.1 Å². The van der Waals surface area contributed by atoms with Crippen molar-refractivity contribution in [3.8, 4) is 5.75 Å². The molecule has 0 bridgehead atoms. The normalized spacial score (nSPS) is 26.4. The topological polar surface area (TPSA) is 21.3 Å². The number of hydrogen-bond acceptors (Lipinski definition) is 2. The summed E-state index contributed by atoms with van der Waals surface area (Å²) in [6.45, 7) is 3.41. The van der Waals surface area contributed by atoms with Crippen LogP contribution in [0.1, 0.15) is 24.9 Å². The lowest BCUT2D eigenvalue weighted by Crippen LogP contribution is -2.13. The molecule has 0 aliphatic carbocycles. The monoisotopic (exact) mass is 191 g/mol. The molecule has 1 aliphatic rings. The molecule has 0 aromatic heterocycles. The summed E-state index contributed by atoms with van der Waals surface area (Å²) < 4.78 is 5.21. The van der Waals surface area contributed by atoms with E-state index in [1.165, 1.54) is 12.0 Å². The van der Waals surface area contributed by atoms with Gasteiger partial charge in [0, 0.05) is 6.04 Å². The van der Waals surface area contributed by atoms with Crippen LogP contribution in [0.2, 0.25) is 0 Å². The molecule has 2 nitrogen and oxygen atoms in total. The summed E-state index contributed by atoms with van der Waals surface area (Å²) in [5.74, 6) is 1.73. The Labute approximate surface area is 85.3 Å². The molecule has 1 N–H and O–H groups in total. The first kappa shape index (κ1) is 9.53. The van der Waals surface area contributed by atoms with E-state index < -0.39 is 0 Å². The van der Waals surface area contributed by atoms with Crippen LogP contribution >= 0.6 is 0 Å². The molecule has 14 heavy (non-hydrogen) atoms. The number of rotatable bonds is 2. The van der Waals surface area contributed by atoms with Crippen LogP contribution in [0.5, 0.6) is 5.75 Å². The van der Waals surface area contributed by atoms with Crippen molar-refractivity contribution in [1.82, 2.24) is 5.32 Å². The Morgan fingerprint density at radius 3 is 2.93 bits per heavy atom. The average molecular weight is 191 g/mol. The van der Waals surface area contributed by atoms with Gasteiger partial charge in [0.15, 0.2) is 0 Å². The van der Waals surface area contributed by atoms with Crippen molar-refractivity contribution in [2.75, 3.05) is 13.7 Å². The third-order valence-corrected chi connectivity index (χ3v) is 2.85. The minimum atomic E-state index is 0.514. The van der Waals surface area contributed by atoms with Gasteiger partial charge in [-0.05, 0) is 36.6 Å². The Morgan fingerprint density at radius 2 is 2.29 bits per heavy atom. The molecule has 0 radical (unpaired) electrons. The lowest BCUT2D eigenvalue weighted by atomic mass is 10.0. The van der Waals surface area contributed by atoms with E-state index >= 15 is 0 Å². The third-order valence-electron chi connectivity index (χ3n) is 2.85. The van der Waals surface area contributed by atoms with Crippen LogP contribution in [0.4, 0.5) is 0 Å². The summed E-state index contributed by atoms with van der Waals surface area (Å²) >= 11 is 0. The Kier molecular flexibility index (Phi) is 2.73. The Hall–Kier alpha value is -1.02. The minimum Gasteiger partial charge on any atom is -0.497 e. The maximum absolute atomic E-state index is 5.21. The molecule has 1 aromatic rings. The SMILES string of the molecule is COc1cccc([C@H]2C[C@@H](C)CN2)c1. The zero-order valence-electron chi connectivity index (χ0n) is 8.79. The van der Waals surface area contributed by atoms with E-state index in [2.05, 4.69) is 30.4 Å². The molecule has 1 heterocycles. The summed E-state index contributed by atoms with van der Waals surface area (Å²) in [4.78, 5) is 0. The van der Waals surface area contributed by atoms with E-state index in [9.17, 15) is 0 Å². The van der Waals surface area contributed by atoms with Gasteiger partial charge in [0.25, 0.3) is 0 Å². The van der Waals surface area contributed by atoms with Gasteiger partial charge in [-0.15, -0.1) is 0 Å². The second-order valence-corrected chi connectivity index (χ2v) is 4.08. The lowest BCUT2D eigenvalue weighted by Gasteiger charge is -2.11. The van der Waals surface area contributed by atoms with Gasteiger partial charge < -0.3 is 10.1 Å². The summed E-state index contributed by atoms with van der Waals surface area (Å²) in [5.41, 5.74) is 1.34. The largest absolute Gasteiger partial charge is 0.497 e. The molecular formula is C12H17NO. The van der Waals surface area contributed by atoms with Crippen molar-refractivity contribution in [2.45, 2.75) is 19.4 Å². The predicted molar refractivity (Wildman–Crippen MR) is 57.5 cm³/mol. The van der Waals surface area contributed by atoms with Crippen molar-refractivity contribution < 1.29 is 4.74 Å². The van der Waals surface area contributed by atoms with Crippen molar-refractivity contribution in [1.29, 1.82) is 0 Å². The predicted octanol–water partition coefficient (Wildman–Crippen LogP) is 2.37. The van der Waals surface area contributed by atoms with Crippen LogP contribution in [0, 0.1) is 5.92 Å². The van der Waals surface area contributed by atoms with Gasteiger partial charge in [0.05, 0.1) is 7.11 Å². The number of methoxy groups -OCH3 is 1. The summed E-state index contributed by atoms with van der Waals surface area (Å²) in [7, 11) is 1.71. The average Bonchev–Trinajstić information content (AvgIpc) is 2.65. The van der Waals surface area contributed by atoms with E-state index in [1.54, 1.807) is 7.11 Å². The molecule has 0 amide bonds. The van der Waals surface area contributed by atoms with E-state index in [-0.39, 0.29) is 0 Å². The standard InChI is InChI=1S/C12H17NO/c1-9-6-12(13-8-9)10-4-3-5-11(7-10)14-2/h3-5,7,9,12-13H,6,8H2,1-2H3/t9-,12-/m1/s1. The highest BCUT2D eigenvalue weighted by molar-refractivity contribution is 5.31. The fourth-order valence-corrected chi connectivity index (χ4v) is 2.02. The zero-order valence-corrected chi connectivity index (χ0v) is 8.79. The summed E-state index contributed by atoms with van der Waals surface area (Å²) in [6.07, 6.45) is 1.23. The second-order valence-electron chi connectivity index (χ2n) is 4.08. The smallest absolute Gasteiger partial charge is 0.119 e. The van der Waals surface area contributed by atoms with E-state index in [1.807, 2.05) is 6.07 Å². The molecule has 1 aromatic carbocycles. The van der Waals surface area contributed by atoms with Gasteiger partial charge in [0.1, 0.15) is 5.75 Å². The van der Waals surface area contributed by atoms with Crippen molar-refractivity contribution in [3.63, 3.8) is 0 Å². The first-order valence-electron chi connectivity index (χ1n) is 5.17. The maximum atomic E-state index is 5.21. The fraction of sp³-hybridized carbons (Fsp3) is 0.500. The third kappa shape index (κ3) is 1.90. The van der Waals surface area contributed by atoms with Crippen molar-refractivity contribution >= 4 is 0 Å². The highest BCUT2D eigenvalue weighted by atomic mass is 16.5. The second kappa shape index (κ2) is 4.01. The van der Waals surface area contributed by atoms with E-state index in [4.69, 9.17) is 4.74 Å². The number of nitrogens with one attached hydrogen (secondary N) is 1. The van der Waals surface area contributed by atoms with Gasteiger partial charge in [0.2, 0.25) is 0 Å². The Morgan fingerprint density at radius 1 is 1.43 bits per heavy atom. The first-order chi connectivity index (χ1) is 6.79. The molecule has 1 aliphatic heterocycles. The molecule has 2 rings (SSSR count). The summed E-state index contributed by atoms with van der Waals surface area (Å²) in [5, 5.41) is 3.52. The molecule has 0 spiro atoms. The zero-order chi connectivity index (χ0) is 9.97. The van der Waals surface area contributed by atoms with Crippen LogP contribution in [-0.4, -0.2) is 13.7 Å². The Bertz CT molecular complexity index is 311. The first-order valence-corrected chi connectivity index (χ1v) is 5.17. The van der Waals surface area contributed by atoms with Crippen LogP contribution in [0.25, 0.3) is 0 Å². The van der Waals surface area contributed by atoms with Gasteiger partial charge in [-0.2, -0.15) is 0 Å². The highest BCUT2D eigenvalue weighted by Crippen LogP contribution is 2.28. The molecule has 2 atom stereocenters. The fourth-order valence-electron chi connectivity index (χ4n) is 2.02. The van der Waals surface area contributed by atoms with Crippen LogP contribution < -0.4 is 10.1 Å². The Balaban J connectivity index is 2.15. The summed E-state index contributed by atoms with van der Waals surface area (Å²) in [6, 6.07) is 8.84. The quantitative estimate of drug-likeness (QED) is 0.775. The van der Waals surface area contributed by atoms with Crippen LogP contribution in [-0.2, 0) is 0 Å².